The molecule has 0 saturated heterocycles. The molecule has 1 heterocycles. The number of hydrogen-bond acceptors (Lipinski definition) is 4. The van der Waals surface area contributed by atoms with E-state index in [-0.39, 0.29) is 0 Å². The second-order valence-corrected chi connectivity index (χ2v) is 5.03. The molecular formula is C14H24N4. The lowest BCUT2D eigenvalue weighted by atomic mass is 10.1. The Kier molecular flexibility index (Phi) is 4.79. The Hall–Kier alpha value is -1.32. The molecule has 1 fully saturated rings. The minimum Gasteiger partial charge on any atom is -0.357 e. The fraction of sp³-hybridized carbons (Fsp3) is 0.714. The van der Waals surface area contributed by atoms with Gasteiger partial charge in [0.1, 0.15) is 5.82 Å². The van der Waals surface area contributed by atoms with Gasteiger partial charge < -0.3 is 10.2 Å². The number of nitrogens with zero attached hydrogens (tertiary/aromatic N) is 3. The molecule has 1 aromatic heterocycles. The fourth-order valence-electron chi connectivity index (χ4n) is 2.62. The van der Waals surface area contributed by atoms with Crippen LogP contribution in [0.1, 0.15) is 45.4 Å². The van der Waals surface area contributed by atoms with Crippen molar-refractivity contribution in [2.24, 2.45) is 0 Å². The van der Waals surface area contributed by atoms with Crippen LogP contribution in [0.4, 0.5) is 11.8 Å². The second-order valence-electron chi connectivity index (χ2n) is 5.03. The lowest BCUT2D eigenvalue weighted by molar-refractivity contribution is 0.549. The molecule has 0 radical (unpaired) electrons. The van der Waals surface area contributed by atoms with Crippen LogP contribution in [0.15, 0.2) is 12.3 Å². The van der Waals surface area contributed by atoms with Gasteiger partial charge in [0.25, 0.3) is 0 Å². The van der Waals surface area contributed by atoms with Crippen molar-refractivity contribution in [2.45, 2.75) is 51.5 Å². The highest BCUT2D eigenvalue weighted by molar-refractivity contribution is 5.42. The summed E-state index contributed by atoms with van der Waals surface area (Å²) in [4.78, 5) is 11.1. The molecule has 100 valence electrons. The topological polar surface area (TPSA) is 41.1 Å². The van der Waals surface area contributed by atoms with Crippen LogP contribution in [0.2, 0.25) is 0 Å². The molecule has 1 aliphatic carbocycles. The third-order valence-electron chi connectivity index (χ3n) is 3.71. The van der Waals surface area contributed by atoms with Crippen molar-refractivity contribution in [3.05, 3.63) is 12.3 Å². The molecule has 0 aromatic carbocycles. The van der Waals surface area contributed by atoms with Crippen molar-refractivity contribution >= 4 is 11.8 Å². The van der Waals surface area contributed by atoms with Crippen molar-refractivity contribution in [1.29, 1.82) is 0 Å². The number of rotatable bonds is 4. The molecule has 2 rings (SSSR count). The van der Waals surface area contributed by atoms with Gasteiger partial charge in [0.05, 0.1) is 0 Å². The van der Waals surface area contributed by atoms with E-state index in [0.717, 1.165) is 18.3 Å². The van der Waals surface area contributed by atoms with E-state index in [1.807, 2.05) is 12.3 Å². The number of anilines is 2. The highest BCUT2D eigenvalue weighted by Gasteiger charge is 2.18. The Morgan fingerprint density at radius 3 is 2.67 bits per heavy atom. The van der Waals surface area contributed by atoms with Gasteiger partial charge in [-0.1, -0.05) is 25.7 Å². The van der Waals surface area contributed by atoms with Gasteiger partial charge in [-0.15, -0.1) is 0 Å². The average Bonchev–Trinajstić information content (AvgIpc) is 2.67. The largest absolute Gasteiger partial charge is 0.357 e. The van der Waals surface area contributed by atoms with Crippen LogP contribution >= 0.6 is 0 Å². The summed E-state index contributed by atoms with van der Waals surface area (Å²) in [7, 11) is 2.16. The molecule has 1 aromatic rings. The van der Waals surface area contributed by atoms with E-state index in [1.165, 1.54) is 38.5 Å². The van der Waals surface area contributed by atoms with Crippen molar-refractivity contribution in [1.82, 2.24) is 9.97 Å². The van der Waals surface area contributed by atoms with Crippen LogP contribution < -0.4 is 10.2 Å². The van der Waals surface area contributed by atoms with E-state index in [9.17, 15) is 0 Å². The summed E-state index contributed by atoms with van der Waals surface area (Å²) in [6.07, 6.45) is 9.88. The molecular weight excluding hydrogens is 224 g/mol. The first kappa shape index (κ1) is 13.1. The van der Waals surface area contributed by atoms with Gasteiger partial charge in [-0.2, -0.15) is 4.98 Å². The molecule has 4 heteroatoms. The third-order valence-corrected chi connectivity index (χ3v) is 3.71. The van der Waals surface area contributed by atoms with Gasteiger partial charge in [-0.05, 0) is 25.8 Å². The van der Waals surface area contributed by atoms with E-state index in [1.54, 1.807) is 0 Å². The van der Waals surface area contributed by atoms with Crippen molar-refractivity contribution < 1.29 is 0 Å². The summed E-state index contributed by atoms with van der Waals surface area (Å²) in [5.74, 6) is 1.77. The van der Waals surface area contributed by atoms with Gasteiger partial charge in [0.2, 0.25) is 5.95 Å². The first-order valence-electron chi connectivity index (χ1n) is 7.11. The monoisotopic (exact) mass is 248 g/mol. The Bertz CT molecular complexity index is 359. The fourth-order valence-corrected chi connectivity index (χ4v) is 2.62. The second kappa shape index (κ2) is 6.57. The Morgan fingerprint density at radius 1 is 1.28 bits per heavy atom. The molecule has 0 unspecified atom stereocenters. The maximum absolute atomic E-state index is 4.57. The van der Waals surface area contributed by atoms with Crippen LogP contribution in [-0.4, -0.2) is 29.6 Å². The summed E-state index contributed by atoms with van der Waals surface area (Å²) < 4.78 is 0. The van der Waals surface area contributed by atoms with Crippen LogP contribution in [0, 0.1) is 0 Å². The zero-order chi connectivity index (χ0) is 12.8. The Balaban J connectivity index is 2.06. The van der Waals surface area contributed by atoms with Gasteiger partial charge in [0.15, 0.2) is 0 Å². The molecule has 1 saturated carbocycles. The molecule has 18 heavy (non-hydrogen) atoms. The Morgan fingerprint density at radius 2 is 2.00 bits per heavy atom. The van der Waals surface area contributed by atoms with Gasteiger partial charge >= 0.3 is 0 Å². The predicted molar refractivity (Wildman–Crippen MR) is 76.1 cm³/mol. The van der Waals surface area contributed by atoms with Crippen LogP contribution in [0.5, 0.6) is 0 Å². The quantitative estimate of drug-likeness (QED) is 0.831. The first-order chi connectivity index (χ1) is 8.81. The predicted octanol–water partition coefficient (Wildman–Crippen LogP) is 3.07. The highest BCUT2D eigenvalue weighted by atomic mass is 15.2. The minimum atomic E-state index is 0.636. The van der Waals surface area contributed by atoms with E-state index in [2.05, 4.69) is 34.2 Å². The lowest BCUT2D eigenvalue weighted by Gasteiger charge is -2.28. The van der Waals surface area contributed by atoms with E-state index < -0.39 is 0 Å². The minimum absolute atomic E-state index is 0.636. The molecule has 0 aliphatic heterocycles. The zero-order valence-electron chi connectivity index (χ0n) is 11.5. The summed E-state index contributed by atoms with van der Waals surface area (Å²) in [5.41, 5.74) is 0. The average molecular weight is 248 g/mol. The van der Waals surface area contributed by atoms with Crippen LogP contribution in [0.3, 0.4) is 0 Å². The van der Waals surface area contributed by atoms with Crippen molar-refractivity contribution in [2.75, 3.05) is 23.8 Å². The zero-order valence-corrected chi connectivity index (χ0v) is 11.5. The molecule has 1 aliphatic rings. The highest BCUT2D eigenvalue weighted by Crippen LogP contribution is 2.24. The molecule has 0 atom stereocenters. The number of nitrogens with one attached hydrogen (secondary N) is 1. The number of aromatic nitrogens is 2. The normalized spacial score (nSPS) is 17.2. The molecule has 0 bridgehead atoms. The third kappa shape index (κ3) is 3.34. The van der Waals surface area contributed by atoms with Gasteiger partial charge in [0, 0.05) is 25.8 Å². The van der Waals surface area contributed by atoms with Crippen LogP contribution in [-0.2, 0) is 0 Å². The standard InChI is InChI=1S/C14H24N4/c1-3-15-14-16-11-10-13(17-14)18(2)12-8-6-4-5-7-9-12/h10-12H,3-9H2,1-2H3,(H,15,16,17). The lowest BCUT2D eigenvalue weighted by Crippen LogP contribution is -2.31. The molecule has 0 spiro atoms. The van der Waals surface area contributed by atoms with Crippen molar-refractivity contribution in [3.63, 3.8) is 0 Å². The van der Waals surface area contributed by atoms with Crippen molar-refractivity contribution in [3.8, 4) is 0 Å². The molecule has 4 nitrogen and oxygen atoms in total. The first-order valence-corrected chi connectivity index (χ1v) is 7.11. The van der Waals surface area contributed by atoms with Crippen LogP contribution in [0.25, 0.3) is 0 Å². The maximum Gasteiger partial charge on any atom is 0.224 e. The summed E-state index contributed by atoms with van der Waals surface area (Å²) in [5, 5.41) is 3.17. The molecule has 1 N–H and O–H groups in total. The van der Waals surface area contributed by atoms with Gasteiger partial charge in [-0.25, -0.2) is 4.98 Å². The van der Waals surface area contributed by atoms with E-state index in [4.69, 9.17) is 0 Å². The summed E-state index contributed by atoms with van der Waals surface area (Å²) in [6, 6.07) is 2.64. The summed E-state index contributed by atoms with van der Waals surface area (Å²) >= 11 is 0. The maximum atomic E-state index is 4.57. The van der Waals surface area contributed by atoms with Gasteiger partial charge in [-0.3, -0.25) is 0 Å². The Labute approximate surface area is 110 Å². The van der Waals surface area contributed by atoms with E-state index in [0.29, 0.717) is 6.04 Å². The number of hydrogen-bond donors (Lipinski definition) is 1. The van der Waals surface area contributed by atoms with E-state index >= 15 is 0 Å². The SMILES string of the molecule is CCNc1nccc(N(C)C2CCCCCC2)n1. The molecule has 0 amide bonds. The summed E-state index contributed by atoms with van der Waals surface area (Å²) in [6.45, 7) is 2.92. The smallest absolute Gasteiger partial charge is 0.224 e.